The second-order valence-electron chi connectivity index (χ2n) is 9.22. The van der Waals surface area contributed by atoms with Crippen molar-refractivity contribution in [2.75, 3.05) is 39.9 Å². The highest BCUT2D eigenvalue weighted by Gasteiger charge is 2.46. The molecule has 1 N–H and O–H groups in total. The van der Waals surface area contributed by atoms with Gasteiger partial charge in [-0.15, -0.1) is 0 Å². The van der Waals surface area contributed by atoms with Crippen LogP contribution in [0.15, 0.2) is 60.7 Å². The lowest BCUT2D eigenvalue weighted by Gasteiger charge is -2.28. The van der Waals surface area contributed by atoms with Crippen molar-refractivity contribution in [2.24, 2.45) is 0 Å². The van der Waals surface area contributed by atoms with Gasteiger partial charge in [0.2, 0.25) is 0 Å². The summed E-state index contributed by atoms with van der Waals surface area (Å²) in [5.41, 5.74) is 1.09. The van der Waals surface area contributed by atoms with Gasteiger partial charge in [0.1, 0.15) is 18.1 Å². The van der Waals surface area contributed by atoms with Crippen LogP contribution < -0.4 is 14.2 Å². The Morgan fingerprint density at radius 1 is 1.11 bits per heavy atom. The Kier molecular flexibility index (Phi) is 9.96. The second-order valence-corrected chi connectivity index (χ2v) is 9.22. The van der Waals surface area contributed by atoms with Gasteiger partial charge in [-0.3, -0.25) is 9.59 Å². The van der Waals surface area contributed by atoms with E-state index in [0.29, 0.717) is 48.1 Å². The maximum atomic E-state index is 13.4. The molecule has 2 aromatic rings. The zero-order valence-electron chi connectivity index (χ0n) is 22.9. The number of hydrogen-bond donors (Lipinski definition) is 1. The SMILES string of the molecule is C=CCOc1ccc(C2C(=C(O)c3ccc(OC(C)C)cc3)C(=O)C(=O)N2CCN(CC)CC)cc1OC. The van der Waals surface area contributed by atoms with Crippen molar-refractivity contribution < 1.29 is 28.9 Å². The van der Waals surface area contributed by atoms with E-state index in [1.54, 1.807) is 48.5 Å². The monoisotopic (exact) mass is 522 g/mol. The van der Waals surface area contributed by atoms with Gasteiger partial charge in [0, 0.05) is 18.7 Å². The third-order valence-corrected chi connectivity index (χ3v) is 6.45. The molecular weight excluding hydrogens is 484 g/mol. The maximum absolute atomic E-state index is 13.4. The Labute approximate surface area is 225 Å². The molecule has 1 fully saturated rings. The Bertz CT molecular complexity index is 1170. The minimum atomic E-state index is -0.792. The van der Waals surface area contributed by atoms with E-state index in [2.05, 4.69) is 25.3 Å². The Morgan fingerprint density at radius 3 is 2.37 bits per heavy atom. The lowest BCUT2D eigenvalue weighted by atomic mass is 9.95. The quantitative estimate of drug-likeness (QED) is 0.175. The summed E-state index contributed by atoms with van der Waals surface area (Å²) in [4.78, 5) is 30.4. The number of carbonyl (C=O) groups is 2. The van der Waals surface area contributed by atoms with Crippen molar-refractivity contribution in [1.82, 2.24) is 9.80 Å². The van der Waals surface area contributed by atoms with Gasteiger partial charge in [0.15, 0.2) is 11.5 Å². The zero-order chi connectivity index (χ0) is 27.8. The number of likely N-dealkylation sites (tertiary alicyclic amines) is 1. The highest BCUT2D eigenvalue weighted by atomic mass is 16.5. The molecule has 1 unspecified atom stereocenters. The second kappa shape index (κ2) is 13.1. The highest BCUT2D eigenvalue weighted by Crippen LogP contribution is 2.42. The molecule has 0 spiro atoms. The van der Waals surface area contributed by atoms with E-state index in [0.717, 1.165) is 13.1 Å². The number of Topliss-reactive ketones (excluding diaryl/α,β-unsaturated/α-hetero) is 1. The number of carbonyl (C=O) groups excluding carboxylic acids is 2. The van der Waals surface area contributed by atoms with E-state index in [4.69, 9.17) is 14.2 Å². The van der Waals surface area contributed by atoms with Crippen molar-refractivity contribution in [2.45, 2.75) is 39.8 Å². The molecular formula is C30H38N2O6. The normalized spacial score (nSPS) is 16.8. The Hall–Kier alpha value is -3.78. The van der Waals surface area contributed by atoms with E-state index in [1.165, 1.54) is 12.0 Å². The van der Waals surface area contributed by atoms with E-state index < -0.39 is 17.7 Å². The number of aliphatic hydroxyl groups is 1. The van der Waals surface area contributed by atoms with Crippen LogP contribution in [0.4, 0.5) is 0 Å². The number of hydrogen-bond acceptors (Lipinski definition) is 7. The van der Waals surface area contributed by atoms with Crippen LogP contribution >= 0.6 is 0 Å². The Balaban J connectivity index is 2.10. The van der Waals surface area contributed by atoms with Crippen LogP contribution in [0.5, 0.6) is 17.2 Å². The van der Waals surface area contributed by atoms with Crippen LogP contribution in [0.25, 0.3) is 5.76 Å². The van der Waals surface area contributed by atoms with Crippen molar-refractivity contribution in [1.29, 1.82) is 0 Å². The number of ether oxygens (including phenoxy) is 3. The molecule has 1 amide bonds. The average molecular weight is 523 g/mol. The summed E-state index contributed by atoms with van der Waals surface area (Å²) in [5.74, 6) is 0.00846. The van der Waals surface area contributed by atoms with Crippen LogP contribution in [0.1, 0.15) is 44.9 Å². The molecule has 1 heterocycles. The summed E-state index contributed by atoms with van der Waals surface area (Å²) in [6.07, 6.45) is 1.63. The highest BCUT2D eigenvalue weighted by molar-refractivity contribution is 6.46. The lowest BCUT2D eigenvalue weighted by Crippen LogP contribution is -2.38. The van der Waals surface area contributed by atoms with E-state index in [1.807, 2.05) is 13.8 Å². The van der Waals surface area contributed by atoms with Gasteiger partial charge in [-0.1, -0.05) is 32.6 Å². The van der Waals surface area contributed by atoms with E-state index >= 15 is 0 Å². The summed E-state index contributed by atoms with van der Waals surface area (Å²) in [6.45, 7) is 14.5. The smallest absolute Gasteiger partial charge is 0.295 e. The first-order valence-corrected chi connectivity index (χ1v) is 12.9. The number of methoxy groups -OCH3 is 1. The van der Waals surface area contributed by atoms with Crippen molar-refractivity contribution in [3.8, 4) is 17.2 Å². The molecule has 1 aliphatic rings. The molecule has 8 heteroatoms. The van der Waals surface area contributed by atoms with Crippen molar-refractivity contribution in [3.63, 3.8) is 0 Å². The molecule has 3 rings (SSSR count). The van der Waals surface area contributed by atoms with Crippen molar-refractivity contribution in [3.05, 3.63) is 71.8 Å². The standard InChI is InChI=1S/C30H38N2O6/c1-7-18-37-24-15-12-22(19-25(24)36-6)27-26(28(33)21-10-13-23(14-11-21)38-20(4)5)29(34)30(35)32(27)17-16-31(8-2)9-3/h7,10-15,19-20,27,33H,1,8-9,16-18H2,2-6H3. The van der Waals surface area contributed by atoms with Crippen LogP contribution in [0.3, 0.4) is 0 Å². The number of likely N-dealkylation sites (N-methyl/N-ethyl adjacent to an activating group) is 1. The molecule has 2 aromatic carbocycles. The molecule has 38 heavy (non-hydrogen) atoms. The van der Waals surface area contributed by atoms with Crippen LogP contribution in [-0.4, -0.2) is 72.6 Å². The third kappa shape index (κ3) is 6.37. The van der Waals surface area contributed by atoms with Gasteiger partial charge < -0.3 is 29.1 Å². The number of benzene rings is 2. The fourth-order valence-corrected chi connectivity index (χ4v) is 4.49. The summed E-state index contributed by atoms with van der Waals surface area (Å²) in [7, 11) is 1.53. The molecule has 0 aromatic heterocycles. The van der Waals surface area contributed by atoms with Gasteiger partial charge >= 0.3 is 0 Å². The molecule has 0 radical (unpaired) electrons. The zero-order valence-corrected chi connectivity index (χ0v) is 22.9. The molecule has 0 aliphatic carbocycles. The fourth-order valence-electron chi connectivity index (χ4n) is 4.49. The summed E-state index contributed by atoms with van der Waals surface area (Å²) in [6, 6.07) is 11.3. The molecule has 1 atom stereocenters. The summed E-state index contributed by atoms with van der Waals surface area (Å²) in [5, 5.41) is 11.4. The first kappa shape index (κ1) is 28.8. The first-order valence-electron chi connectivity index (χ1n) is 12.9. The van der Waals surface area contributed by atoms with Crippen LogP contribution in [0.2, 0.25) is 0 Å². The van der Waals surface area contributed by atoms with Gasteiger partial charge in [-0.2, -0.15) is 0 Å². The third-order valence-electron chi connectivity index (χ3n) is 6.45. The molecule has 204 valence electrons. The largest absolute Gasteiger partial charge is 0.507 e. The number of ketones is 1. The van der Waals surface area contributed by atoms with Gasteiger partial charge in [-0.25, -0.2) is 0 Å². The van der Waals surface area contributed by atoms with Crippen molar-refractivity contribution >= 4 is 17.4 Å². The number of rotatable bonds is 13. The predicted octanol–water partition coefficient (Wildman–Crippen LogP) is 4.81. The topological polar surface area (TPSA) is 88.5 Å². The molecule has 8 nitrogen and oxygen atoms in total. The number of aliphatic hydroxyl groups excluding tert-OH is 1. The molecule has 0 saturated carbocycles. The number of nitrogens with zero attached hydrogens (tertiary/aromatic N) is 2. The molecule has 1 saturated heterocycles. The van der Waals surface area contributed by atoms with E-state index in [9.17, 15) is 14.7 Å². The van der Waals surface area contributed by atoms with Crippen LogP contribution in [-0.2, 0) is 9.59 Å². The van der Waals surface area contributed by atoms with Gasteiger partial charge in [0.05, 0.1) is 24.8 Å². The summed E-state index contributed by atoms with van der Waals surface area (Å²) >= 11 is 0. The number of amides is 1. The van der Waals surface area contributed by atoms with E-state index in [-0.39, 0.29) is 17.4 Å². The Morgan fingerprint density at radius 2 is 1.79 bits per heavy atom. The molecule has 0 bridgehead atoms. The minimum Gasteiger partial charge on any atom is -0.507 e. The fraction of sp³-hybridized carbons (Fsp3) is 0.400. The lowest BCUT2D eigenvalue weighted by molar-refractivity contribution is -0.140. The van der Waals surface area contributed by atoms with Gasteiger partial charge in [-0.05, 0) is 68.9 Å². The first-order chi connectivity index (χ1) is 18.2. The molecule has 1 aliphatic heterocycles. The average Bonchev–Trinajstić information content (AvgIpc) is 3.17. The predicted molar refractivity (Wildman–Crippen MR) is 148 cm³/mol. The minimum absolute atomic E-state index is 0.000935. The summed E-state index contributed by atoms with van der Waals surface area (Å²) < 4.78 is 16.9. The maximum Gasteiger partial charge on any atom is 0.295 e. The van der Waals surface area contributed by atoms with Crippen LogP contribution in [0, 0.1) is 0 Å². The van der Waals surface area contributed by atoms with Gasteiger partial charge in [0.25, 0.3) is 11.7 Å².